The highest BCUT2D eigenvalue weighted by Gasteiger charge is 2.09. The highest BCUT2D eigenvalue weighted by Crippen LogP contribution is 2.20. The van der Waals surface area contributed by atoms with Gasteiger partial charge in [-0.2, -0.15) is 5.26 Å². The van der Waals surface area contributed by atoms with Crippen LogP contribution in [0.2, 0.25) is 0 Å². The van der Waals surface area contributed by atoms with Crippen molar-refractivity contribution in [3.63, 3.8) is 0 Å². The van der Waals surface area contributed by atoms with E-state index in [-0.39, 0.29) is 10.3 Å². The third-order valence-electron chi connectivity index (χ3n) is 2.57. The number of aromatic amines is 1. The van der Waals surface area contributed by atoms with Crippen molar-refractivity contribution in [1.82, 2.24) is 9.97 Å². The maximum atomic E-state index is 10.6. The molecule has 2 aromatic rings. The molecule has 1 aromatic heterocycles. The van der Waals surface area contributed by atoms with Gasteiger partial charge in [-0.1, -0.05) is 12.2 Å². The number of nitro benzene ring substituents is 1. The SMILES string of the molecule is Cc1[nH]c(-c2ccc([N+](=O)[O-])cc2)nc(=S)c1C#N. The molecule has 0 saturated carbocycles. The molecule has 0 aliphatic rings. The summed E-state index contributed by atoms with van der Waals surface area (Å²) >= 11 is 5.03. The van der Waals surface area contributed by atoms with Crippen LogP contribution in [-0.2, 0) is 0 Å². The number of non-ortho nitro benzene ring substituents is 1. The van der Waals surface area contributed by atoms with Crippen LogP contribution in [0.15, 0.2) is 24.3 Å². The molecule has 7 heteroatoms. The Bertz CT molecular complexity index is 744. The number of benzene rings is 1. The van der Waals surface area contributed by atoms with E-state index in [9.17, 15) is 10.1 Å². The first-order valence-electron chi connectivity index (χ1n) is 5.29. The summed E-state index contributed by atoms with van der Waals surface area (Å²) in [5, 5.41) is 19.5. The quantitative estimate of drug-likeness (QED) is 0.515. The Labute approximate surface area is 113 Å². The largest absolute Gasteiger partial charge is 0.342 e. The number of H-pyrrole nitrogens is 1. The van der Waals surface area contributed by atoms with Crippen molar-refractivity contribution in [3.8, 4) is 17.5 Å². The Morgan fingerprint density at radius 1 is 1.42 bits per heavy atom. The van der Waals surface area contributed by atoms with Gasteiger partial charge in [-0.25, -0.2) is 4.98 Å². The number of rotatable bonds is 2. The van der Waals surface area contributed by atoms with E-state index in [1.54, 1.807) is 19.1 Å². The third kappa shape index (κ3) is 2.48. The molecule has 0 saturated heterocycles. The minimum Gasteiger partial charge on any atom is -0.342 e. The van der Waals surface area contributed by atoms with E-state index in [0.29, 0.717) is 22.6 Å². The molecule has 0 fully saturated rings. The number of nitrogens with one attached hydrogen (secondary N) is 1. The zero-order valence-electron chi connectivity index (χ0n) is 9.88. The van der Waals surface area contributed by atoms with Gasteiger partial charge in [0, 0.05) is 23.4 Å². The number of aryl methyl sites for hydroxylation is 1. The lowest BCUT2D eigenvalue weighted by Crippen LogP contribution is -1.97. The van der Waals surface area contributed by atoms with Crippen LogP contribution in [0.4, 0.5) is 5.69 Å². The predicted octanol–water partition coefficient (Wildman–Crippen LogP) is 2.89. The molecule has 1 aromatic carbocycles. The van der Waals surface area contributed by atoms with Gasteiger partial charge in [-0.15, -0.1) is 0 Å². The molecule has 6 nitrogen and oxygen atoms in total. The smallest absolute Gasteiger partial charge is 0.269 e. The van der Waals surface area contributed by atoms with Gasteiger partial charge in [0.1, 0.15) is 22.1 Å². The Balaban J connectivity index is 2.51. The molecule has 0 unspecified atom stereocenters. The van der Waals surface area contributed by atoms with Crippen LogP contribution in [0.5, 0.6) is 0 Å². The molecule has 2 rings (SSSR count). The summed E-state index contributed by atoms with van der Waals surface area (Å²) in [6.45, 7) is 1.73. The maximum Gasteiger partial charge on any atom is 0.269 e. The van der Waals surface area contributed by atoms with Crippen LogP contribution >= 0.6 is 12.2 Å². The maximum absolute atomic E-state index is 10.6. The minimum atomic E-state index is -0.469. The van der Waals surface area contributed by atoms with E-state index in [4.69, 9.17) is 17.5 Å². The van der Waals surface area contributed by atoms with Crippen LogP contribution < -0.4 is 0 Å². The molecule has 0 atom stereocenters. The van der Waals surface area contributed by atoms with Crippen molar-refractivity contribution in [2.75, 3.05) is 0 Å². The first-order chi connectivity index (χ1) is 9.02. The van der Waals surface area contributed by atoms with Crippen LogP contribution in [0.3, 0.4) is 0 Å². The van der Waals surface area contributed by atoms with E-state index in [0.717, 1.165) is 0 Å². The van der Waals surface area contributed by atoms with E-state index in [1.165, 1.54) is 12.1 Å². The zero-order valence-corrected chi connectivity index (χ0v) is 10.7. The van der Waals surface area contributed by atoms with Crippen LogP contribution in [-0.4, -0.2) is 14.9 Å². The molecule has 0 aliphatic carbocycles. The lowest BCUT2D eigenvalue weighted by Gasteiger charge is -2.04. The summed E-state index contributed by atoms with van der Waals surface area (Å²) < 4.78 is 0.215. The second-order valence-electron chi connectivity index (χ2n) is 3.81. The summed E-state index contributed by atoms with van der Waals surface area (Å²) in [6, 6.07) is 7.92. The van der Waals surface area contributed by atoms with E-state index < -0.39 is 4.92 Å². The van der Waals surface area contributed by atoms with Gasteiger partial charge in [-0.3, -0.25) is 10.1 Å². The second-order valence-corrected chi connectivity index (χ2v) is 4.19. The fourth-order valence-electron chi connectivity index (χ4n) is 1.60. The normalized spacial score (nSPS) is 9.89. The highest BCUT2D eigenvalue weighted by atomic mass is 32.1. The summed E-state index contributed by atoms with van der Waals surface area (Å²) in [6.07, 6.45) is 0. The first-order valence-corrected chi connectivity index (χ1v) is 5.69. The Hall–Kier alpha value is -2.59. The van der Waals surface area contributed by atoms with Gasteiger partial charge in [0.05, 0.1) is 4.92 Å². The second kappa shape index (κ2) is 4.96. The molecule has 0 radical (unpaired) electrons. The number of hydrogen-bond acceptors (Lipinski definition) is 5. The lowest BCUT2D eigenvalue weighted by molar-refractivity contribution is -0.384. The Morgan fingerprint density at radius 2 is 2.05 bits per heavy atom. The fraction of sp³-hybridized carbons (Fsp3) is 0.0833. The van der Waals surface area contributed by atoms with Gasteiger partial charge in [0.2, 0.25) is 0 Å². The van der Waals surface area contributed by atoms with Crippen molar-refractivity contribution in [2.24, 2.45) is 0 Å². The number of nitriles is 1. The standard InChI is InChI=1S/C12H8N4O2S/c1-7-10(6-13)12(19)15-11(14-7)8-2-4-9(5-3-8)16(17)18/h2-5H,1H3,(H,14,15,19). The van der Waals surface area contributed by atoms with Gasteiger partial charge in [-0.05, 0) is 19.1 Å². The molecule has 1 N–H and O–H groups in total. The molecule has 19 heavy (non-hydrogen) atoms. The van der Waals surface area contributed by atoms with Gasteiger partial charge < -0.3 is 4.98 Å². The van der Waals surface area contributed by atoms with E-state index >= 15 is 0 Å². The van der Waals surface area contributed by atoms with Crippen molar-refractivity contribution >= 4 is 17.9 Å². The van der Waals surface area contributed by atoms with Gasteiger partial charge in [0.15, 0.2) is 0 Å². The molecule has 94 valence electrons. The fourth-order valence-corrected chi connectivity index (χ4v) is 1.89. The monoisotopic (exact) mass is 272 g/mol. The molecule has 0 bridgehead atoms. The number of nitro groups is 1. The first kappa shape index (κ1) is 12.9. The summed E-state index contributed by atoms with van der Waals surface area (Å²) in [4.78, 5) is 17.2. The van der Waals surface area contributed by atoms with Crippen molar-refractivity contribution in [2.45, 2.75) is 6.92 Å². The average Bonchev–Trinajstić information content (AvgIpc) is 2.38. The number of aromatic nitrogens is 2. The zero-order chi connectivity index (χ0) is 14.0. The summed E-state index contributed by atoms with van der Waals surface area (Å²) in [5.74, 6) is 0.483. The Kier molecular flexibility index (Phi) is 3.35. The number of hydrogen-bond donors (Lipinski definition) is 1. The molecular weight excluding hydrogens is 264 g/mol. The van der Waals surface area contributed by atoms with Crippen LogP contribution in [0, 0.1) is 33.0 Å². The summed E-state index contributed by atoms with van der Waals surface area (Å²) in [7, 11) is 0. The van der Waals surface area contributed by atoms with Crippen molar-refractivity contribution in [3.05, 3.63) is 50.3 Å². The summed E-state index contributed by atoms with van der Waals surface area (Å²) in [5.41, 5.74) is 1.63. The highest BCUT2D eigenvalue weighted by molar-refractivity contribution is 7.71. The lowest BCUT2D eigenvalue weighted by atomic mass is 10.2. The van der Waals surface area contributed by atoms with E-state index in [2.05, 4.69) is 9.97 Å². The molecule has 0 spiro atoms. The topological polar surface area (TPSA) is 95.6 Å². The predicted molar refractivity (Wildman–Crippen MR) is 71.0 cm³/mol. The van der Waals surface area contributed by atoms with Crippen LogP contribution in [0.25, 0.3) is 11.4 Å². The number of nitrogens with zero attached hydrogens (tertiary/aromatic N) is 3. The average molecular weight is 272 g/mol. The molecule has 1 heterocycles. The van der Waals surface area contributed by atoms with Crippen LogP contribution in [0.1, 0.15) is 11.3 Å². The van der Waals surface area contributed by atoms with Gasteiger partial charge in [0.25, 0.3) is 5.69 Å². The minimum absolute atomic E-state index is 0.00714. The van der Waals surface area contributed by atoms with Crippen molar-refractivity contribution in [1.29, 1.82) is 5.26 Å². The molecular formula is C12H8N4O2S. The third-order valence-corrected chi connectivity index (χ3v) is 2.87. The van der Waals surface area contributed by atoms with Gasteiger partial charge >= 0.3 is 0 Å². The van der Waals surface area contributed by atoms with Crippen molar-refractivity contribution < 1.29 is 4.92 Å². The van der Waals surface area contributed by atoms with E-state index in [1.807, 2.05) is 6.07 Å². The molecule has 0 aliphatic heterocycles. The Morgan fingerprint density at radius 3 is 2.53 bits per heavy atom. The molecule has 0 amide bonds.